The predicted molar refractivity (Wildman–Crippen MR) is 50.4 cm³/mol. The zero-order chi connectivity index (χ0) is 7.68. The zero-order valence-electron chi connectivity index (χ0n) is 6.25. The molecule has 0 aromatic carbocycles. The number of halogens is 2. The van der Waals surface area contributed by atoms with Crippen LogP contribution in [0, 0.1) is 0 Å². The van der Waals surface area contributed by atoms with Crippen LogP contribution >= 0.6 is 28.3 Å². The van der Waals surface area contributed by atoms with Crippen LogP contribution in [0.3, 0.4) is 0 Å². The molecular formula is C7H9BrClNO2. The summed E-state index contributed by atoms with van der Waals surface area (Å²) >= 11 is 3.23. The van der Waals surface area contributed by atoms with Gasteiger partial charge in [-0.15, -0.1) is 12.4 Å². The summed E-state index contributed by atoms with van der Waals surface area (Å²) in [6.45, 7) is 1.64. The number of nitrogens with one attached hydrogen (secondary N) is 1. The van der Waals surface area contributed by atoms with Gasteiger partial charge in [0.05, 0.1) is 6.61 Å². The molecule has 1 aromatic heterocycles. The van der Waals surface area contributed by atoms with Crippen molar-refractivity contribution in [3.8, 4) is 0 Å². The van der Waals surface area contributed by atoms with Crippen LogP contribution in [-0.4, -0.2) is 13.2 Å². The summed E-state index contributed by atoms with van der Waals surface area (Å²) in [6.07, 6.45) is -0.0544. The fourth-order valence-electron chi connectivity index (χ4n) is 1.08. The lowest BCUT2D eigenvalue weighted by Crippen LogP contribution is -2.12. The summed E-state index contributed by atoms with van der Waals surface area (Å²) in [7, 11) is 0. The highest BCUT2D eigenvalue weighted by Crippen LogP contribution is 2.22. The molecule has 0 spiro atoms. The van der Waals surface area contributed by atoms with Crippen molar-refractivity contribution in [1.29, 1.82) is 0 Å². The molecule has 1 unspecified atom stereocenters. The van der Waals surface area contributed by atoms with Crippen LogP contribution in [-0.2, 0) is 4.74 Å². The Bertz CT molecular complexity index is 247. The molecule has 5 heteroatoms. The molecule has 3 nitrogen and oxygen atoms in total. The van der Waals surface area contributed by atoms with E-state index >= 15 is 0 Å². The Morgan fingerprint density at radius 1 is 1.50 bits per heavy atom. The van der Waals surface area contributed by atoms with Crippen LogP contribution in [0.5, 0.6) is 0 Å². The van der Waals surface area contributed by atoms with Gasteiger partial charge in [-0.2, -0.15) is 0 Å². The van der Waals surface area contributed by atoms with Crippen LogP contribution in [0.1, 0.15) is 12.0 Å². The van der Waals surface area contributed by atoms with E-state index < -0.39 is 0 Å². The van der Waals surface area contributed by atoms with Gasteiger partial charge in [0.1, 0.15) is 5.76 Å². The van der Waals surface area contributed by atoms with Gasteiger partial charge in [0.15, 0.2) is 10.9 Å². The molecule has 1 fully saturated rings. The van der Waals surface area contributed by atoms with E-state index in [9.17, 15) is 0 Å². The van der Waals surface area contributed by atoms with Crippen molar-refractivity contribution in [2.75, 3.05) is 13.2 Å². The van der Waals surface area contributed by atoms with Crippen molar-refractivity contribution in [3.05, 3.63) is 22.6 Å². The molecule has 12 heavy (non-hydrogen) atoms. The van der Waals surface area contributed by atoms with Crippen molar-refractivity contribution in [3.63, 3.8) is 0 Å². The maximum Gasteiger partial charge on any atom is 0.169 e. The number of furan rings is 1. The first-order chi connectivity index (χ1) is 5.36. The molecule has 1 saturated heterocycles. The number of ether oxygens (including phenoxy) is 1. The van der Waals surface area contributed by atoms with E-state index in [4.69, 9.17) is 9.15 Å². The predicted octanol–water partition coefficient (Wildman–Crippen LogP) is 2.08. The molecule has 1 atom stereocenters. The lowest BCUT2D eigenvalue weighted by atomic mass is 10.4. The average Bonchev–Trinajstić information content (AvgIpc) is 2.55. The zero-order valence-corrected chi connectivity index (χ0v) is 8.65. The van der Waals surface area contributed by atoms with E-state index in [1.165, 1.54) is 0 Å². The monoisotopic (exact) mass is 253 g/mol. The van der Waals surface area contributed by atoms with Crippen molar-refractivity contribution in [2.24, 2.45) is 0 Å². The quantitative estimate of drug-likeness (QED) is 0.833. The SMILES string of the molecule is Brc1ccc(C2NCCO2)o1.Cl. The summed E-state index contributed by atoms with van der Waals surface area (Å²) < 4.78 is 11.4. The molecule has 0 amide bonds. The van der Waals surface area contributed by atoms with E-state index in [0.29, 0.717) is 0 Å². The molecule has 1 aliphatic rings. The van der Waals surface area contributed by atoms with E-state index in [1.807, 2.05) is 12.1 Å². The van der Waals surface area contributed by atoms with Crippen molar-refractivity contribution in [2.45, 2.75) is 6.23 Å². The summed E-state index contributed by atoms with van der Waals surface area (Å²) in [6, 6.07) is 3.76. The minimum Gasteiger partial charge on any atom is -0.450 e. The molecule has 68 valence electrons. The summed E-state index contributed by atoms with van der Waals surface area (Å²) in [5.41, 5.74) is 0. The maximum atomic E-state index is 5.33. The molecule has 1 aromatic rings. The molecular weight excluding hydrogens is 245 g/mol. The minimum absolute atomic E-state index is 0. The van der Waals surface area contributed by atoms with Crippen LogP contribution in [0.15, 0.2) is 21.2 Å². The first-order valence-corrected chi connectivity index (χ1v) is 4.26. The van der Waals surface area contributed by atoms with Crippen LogP contribution < -0.4 is 5.32 Å². The van der Waals surface area contributed by atoms with Crippen molar-refractivity contribution >= 4 is 28.3 Å². The van der Waals surface area contributed by atoms with Gasteiger partial charge in [0, 0.05) is 6.54 Å². The van der Waals surface area contributed by atoms with Crippen LogP contribution in [0.2, 0.25) is 0 Å². The second-order valence-electron chi connectivity index (χ2n) is 2.35. The van der Waals surface area contributed by atoms with Gasteiger partial charge < -0.3 is 9.15 Å². The third-order valence-corrected chi connectivity index (χ3v) is 1.99. The van der Waals surface area contributed by atoms with Gasteiger partial charge in [-0.25, -0.2) is 0 Å². The lowest BCUT2D eigenvalue weighted by Gasteiger charge is -2.04. The topological polar surface area (TPSA) is 34.4 Å². The van der Waals surface area contributed by atoms with Crippen LogP contribution in [0.25, 0.3) is 0 Å². The Morgan fingerprint density at radius 2 is 2.33 bits per heavy atom. The Balaban J connectivity index is 0.000000720. The van der Waals surface area contributed by atoms with Crippen molar-refractivity contribution < 1.29 is 9.15 Å². The number of rotatable bonds is 1. The molecule has 0 radical (unpaired) electrons. The molecule has 2 heterocycles. The first kappa shape index (κ1) is 10.1. The minimum atomic E-state index is -0.0544. The van der Waals surface area contributed by atoms with Gasteiger partial charge >= 0.3 is 0 Å². The third-order valence-electron chi connectivity index (χ3n) is 1.57. The molecule has 2 rings (SSSR count). The van der Waals surface area contributed by atoms with Crippen LogP contribution in [0.4, 0.5) is 0 Å². The van der Waals surface area contributed by atoms with E-state index in [-0.39, 0.29) is 18.6 Å². The second kappa shape index (κ2) is 4.28. The van der Waals surface area contributed by atoms with Gasteiger partial charge in [-0.05, 0) is 28.1 Å². The van der Waals surface area contributed by atoms with Gasteiger partial charge in [-0.1, -0.05) is 0 Å². The van der Waals surface area contributed by atoms with E-state index in [0.717, 1.165) is 23.6 Å². The third kappa shape index (κ3) is 2.01. The molecule has 1 N–H and O–H groups in total. The lowest BCUT2D eigenvalue weighted by molar-refractivity contribution is 0.0825. The Morgan fingerprint density at radius 3 is 2.83 bits per heavy atom. The normalized spacial score (nSPS) is 22.2. The highest BCUT2D eigenvalue weighted by atomic mass is 79.9. The summed E-state index contributed by atoms with van der Waals surface area (Å²) in [4.78, 5) is 0. The second-order valence-corrected chi connectivity index (χ2v) is 3.13. The summed E-state index contributed by atoms with van der Waals surface area (Å²) in [5.74, 6) is 0.828. The first-order valence-electron chi connectivity index (χ1n) is 3.46. The fraction of sp³-hybridized carbons (Fsp3) is 0.429. The summed E-state index contributed by atoms with van der Waals surface area (Å²) in [5, 5.41) is 3.15. The van der Waals surface area contributed by atoms with E-state index in [1.54, 1.807) is 0 Å². The molecule has 1 aliphatic heterocycles. The van der Waals surface area contributed by atoms with Crippen molar-refractivity contribution in [1.82, 2.24) is 5.32 Å². The molecule has 0 bridgehead atoms. The van der Waals surface area contributed by atoms with Gasteiger partial charge in [-0.3, -0.25) is 5.32 Å². The Hall–Kier alpha value is -0.0300. The number of hydrogen-bond acceptors (Lipinski definition) is 3. The Labute approximate surface area is 85.0 Å². The van der Waals surface area contributed by atoms with Gasteiger partial charge in [0.2, 0.25) is 0 Å². The smallest absolute Gasteiger partial charge is 0.169 e. The standard InChI is InChI=1S/C7H8BrNO2.ClH/c8-6-2-1-5(11-6)7-9-3-4-10-7;/h1-2,7,9H,3-4H2;1H. The fourth-order valence-corrected chi connectivity index (χ4v) is 1.40. The number of hydrogen-bond donors (Lipinski definition) is 1. The molecule has 0 saturated carbocycles. The largest absolute Gasteiger partial charge is 0.450 e. The average molecular weight is 255 g/mol. The van der Waals surface area contributed by atoms with Gasteiger partial charge in [0.25, 0.3) is 0 Å². The Kier molecular flexibility index (Phi) is 3.58. The highest BCUT2D eigenvalue weighted by Gasteiger charge is 2.19. The maximum absolute atomic E-state index is 5.33. The molecule has 0 aliphatic carbocycles. The highest BCUT2D eigenvalue weighted by molar-refractivity contribution is 9.10. The van der Waals surface area contributed by atoms with E-state index in [2.05, 4.69) is 21.2 Å².